The van der Waals surface area contributed by atoms with Gasteiger partial charge in [-0.15, -0.1) is 12.4 Å². The molecule has 20 heavy (non-hydrogen) atoms. The average Bonchev–Trinajstić information content (AvgIpc) is 2.46. The van der Waals surface area contributed by atoms with E-state index >= 15 is 0 Å². The molecule has 3 N–H and O–H groups in total. The highest BCUT2D eigenvalue weighted by Crippen LogP contribution is 2.26. The van der Waals surface area contributed by atoms with Gasteiger partial charge in [-0.05, 0) is 46.8 Å². The third-order valence-corrected chi connectivity index (χ3v) is 4.60. The molecule has 0 saturated heterocycles. The Morgan fingerprint density at radius 3 is 2.55 bits per heavy atom. The van der Waals surface area contributed by atoms with Crippen LogP contribution < -0.4 is 11.1 Å². The van der Waals surface area contributed by atoms with Crippen LogP contribution in [0.4, 0.5) is 0 Å². The van der Waals surface area contributed by atoms with Crippen molar-refractivity contribution >= 4 is 34.2 Å². The Kier molecular flexibility index (Phi) is 7.56. The number of rotatable bonds is 4. The Balaban J connectivity index is 0.00000200. The second-order valence-corrected chi connectivity index (χ2v) is 6.05. The van der Waals surface area contributed by atoms with E-state index in [1.54, 1.807) is 0 Å². The van der Waals surface area contributed by atoms with Gasteiger partial charge in [-0.25, -0.2) is 0 Å². The van der Waals surface area contributed by atoms with Crippen LogP contribution in [-0.4, -0.2) is 18.5 Å². The lowest BCUT2D eigenvalue weighted by Gasteiger charge is -2.30. The number of hydrogen-bond acceptors (Lipinski definition) is 2. The summed E-state index contributed by atoms with van der Waals surface area (Å²) in [5, 5.41) is 3.10. The largest absolute Gasteiger partial charge is 0.348 e. The number of carbonyl (C=O) groups excluding carboxylic acids is 1. The molecule has 0 radical (unpaired) electrons. The van der Waals surface area contributed by atoms with Gasteiger partial charge in [0.25, 0.3) is 5.91 Å². The van der Waals surface area contributed by atoms with Crippen LogP contribution in [0.3, 0.4) is 0 Å². The van der Waals surface area contributed by atoms with Crippen molar-refractivity contribution in [2.45, 2.75) is 38.1 Å². The highest BCUT2D eigenvalue weighted by Gasteiger charge is 2.24. The van der Waals surface area contributed by atoms with E-state index in [0.29, 0.717) is 18.0 Å². The first-order chi connectivity index (χ1) is 9.22. The Morgan fingerprint density at radius 1 is 1.30 bits per heavy atom. The molecular weight excluding hydrogens is 340 g/mol. The molecule has 0 aromatic heterocycles. The summed E-state index contributed by atoms with van der Waals surface area (Å²) < 4.78 is 0.826. The molecular formula is C15H22BrClN2O. The first-order valence-electron chi connectivity index (χ1n) is 6.98. The van der Waals surface area contributed by atoms with Crippen molar-refractivity contribution in [1.82, 2.24) is 5.32 Å². The lowest BCUT2D eigenvalue weighted by atomic mass is 9.84. The zero-order valence-electron chi connectivity index (χ0n) is 11.5. The smallest absolute Gasteiger partial charge is 0.252 e. The van der Waals surface area contributed by atoms with Crippen LogP contribution in [0.25, 0.3) is 0 Å². The first-order valence-corrected chi connectivity index (χ1v) is 7.77. The molecule has 1 unspecified atom stereocenters. The molecule has 1 aliphatic carbocycles. The van der Waals surface area contributed by atoms with Crippen LogP contribution in [0.15, 0.2) is 28.7 Å². The highest BCUT2D eigenvalue weighted by molar-refractivity contribution is 9.10. The van der Waals surface area contributed by atoms with E-state index in [-0.39, 0.29) is 24.4 Å². The number of amides is 1. The van der Waals surface area contributed by atoms with E-state index < -0.39 is 0 Å². The molecule has 0 spiro atoms. The van der Waals surface area contributed by atoms with Crippen LogP contribution in [0.2, 0.25) is 0 Å². The first kappa shape index (κ1) is 17.5. The maximum absolute atomic E-state index is 12.3. The normalized spacial score (nSPS) is 17.1. The average molecular weight is 362 g/mol. The van der Waals surface area contributed by atoms with Gasteiger partial charge in [-0.3, -0.25) is 4.79 Å². The van der Waals surface area contributed by atoms with E-state index in [1.807, 2.05) is 24.3 Å². The SMILES string of the molecule is Cl.NCC(NC(=O)c1ccccc1Br)C1CCCCC1. The fraction of sp³-hybridized carbons (Fsp3) is 0.533. The van der Waals surface area contributed by atoms with Gasteiger partial charge >= 0.3 is 0 Å². The monoisotopic (exact) mass is 360 g/mol. The van der Waals surface area contributed by atoms with E-state index in [4.69, 9.17) is 5.73 Å². The molecule has 1 aliphatic rings. The number of carbonyl (C=O) groups is 1. The molecule has 1 aromatic carbocycles. The van der Waals surface area contributed by atoms with Crippen molar-refractivity contribution in [3.63, 3.8) is 0 Å². The van der Waals surface area contributed by atoms with Crippen molar-refractivity contribution in [3.8, 4) is 0 Å². The fourth-order valence-electron chi connectivity index (χ4n) is 2.80. The molecule has 0 bridgehead atoms. The van der Waals surface area contributed by atoms with Crippen LogP contribution in [0, 0.1) is 5.92 Å². The molecule has 2 rings (SSSR count). The van der Waals surface area contributed by atoms with Gasteiger partial charge in [0.2, 0.25) is 0 Å². The zero-order valence-corrected chi connectivity index (χ0v) is 13.9. The van der Waals surface area contributed by atoms with Crippen LogP contribution >= 0.6 is 28.3 Å². The summed E-state index contributed by atoms with van der Waals surface area (Å²) in [6, 6.07) is 7.58. The van der Waals surface area contributed by atoms with Gasteiger partial charge in [0, 0.05) is 17.1 Å². The summed E-state index contributed by atoms with van der Waals surface area (Å²) in [7, 11) is 0. The third kappa shape index (κ3) is 4.47. The molecule has 1 amide bonds. The zero-order chi connectivity index (χ0) is 13.7. The lowest BCUT2D eigenvalue weighted by Crippen LogP contribution is -2.46. The minimum Gasteiger partial charge on any atom is -0.348 e. The van der Waals surface area contributed by atoms with Gasteiger partial charge in [-0.2, -0.15) is 0 Å². The summed E-state index contributed by atoms with van der Waals surface area (Å²) >= 11 is 3.41. The number of nitrogens with one attached hydrogen (secondary N) is 1. The third-order valence-electron chi connectivity index (χ3n) is 3.91. The standard InChI is InChI=1S/C15H21BrN2O.ClH/c16-13-9-5-4-8-12(13)15(19)18-14(10-17)11-6-2-1-3-7-11;/h4-5,8-9,11,14H,1-3,6-7,10,17H2,(H,18,19);1H. The summed E-state index contributed by atoms with van der Waals surface area (Å²) in [6.45, 7) is 0.515. The van der Waals surface area contributed by atoms with E-state index in [9.17, 15) is 4.79 Å². The number of nitrogens with two attached hydrogens (primary N) is 1. The Morgan fingerprint density at radius 2 is 1.95 bits per heavy atom. The van der Waals surface area contributed by atoms with Crippen molar-refractivity contribution in [1.29, 1.82) is 0 Å². The minimum absolute atomic E-state index is 0. The Labute approximate surface area is 135 Å². The summed E-state index contributed by atoms with van der Waals surface area (Å²) in [5.74, 6) is 0.499. The van der Waals surface area contributed by atoms with Crippen LogP contribution in [-0.2, 0) is 0 Å². The van der Waals surface area contributed by atoms with E-state index in [0.717, 1.165) is 4.47 Å². The summed E-state index contributed by atoms with van der Waals surface area (Å²) in [4.78, 5) is 12.3. The molecule has 1 fully saturated rings. The molecule has 0 aliphatic heterocycles. The molecule has 1 aromatic rings. The molecule has 0 heterocycles. The predicted molar refractivity (Wildman–Crippen MR) is 88.3 cm³/mol. The Hall–Kier alpha value is -0.580. The summed E-state index contributed by atoms with van der Waals surface area (Å²) in [5.41, 5.74) is 6.52. The minimum atomic E-state index is -0.0338. The maximum Gasteiger partial charge on any atom is 0.252 e. The molecule has 1 atom stereocenters. The van der Waals surface area contributed by atoms with E-state index in [2.05, 4.69) is 21.2 Å². The quantitative estimate of drug-likeness (QED) is 0.862. The number of hydrogen-bond donors (Lipinski definition) is 2. The topological polar surface area (TPSA) is 55.1 Å². The van der Waals surface area contributed by atoms with Crippen molar-refractivity contribution in [2.75, 3.05) is 6.54 Å². The number of benzene rings is 1. The maximum atomic E-state index is 12.3. The summed E-state index contributed by atoms with van der Waals surface area (Å²) in [6.07, 6.45) is 6.18. The predicted octanol–water partition coefficient (Wildman–Crippen LogP) is 3.51. The van der Waals surface area contributed by atoms with Gasteiger partial charge in [0.05, 0.1) is 5.56 Å². The van der Waals surface area contributed by atoms with Crippen molar-refractivity contribution in [3.05, 3.63) is 34.3 Å². The van der Waals surface area contributed by atoms with Crippen LogP contribution in [0.5, 0.6) is 0 Å². The fourth-order valence-corrected chi connectivity index (χ4v) is 3.26. The van der Waals surface area contributed by atoms with Gasteiger partial charge in [0.1, 0.15) is 0 Å². The molecule has 5 heteroatoms. The molecule has 112 valence electrons. The molecule has 1 saturated carbocycles. The van der Waals surface area contributed by atoms with Gasteiger partial charge in [0.15, 0.2) is 0 Å². The van der Waals surface area contributed by atoms with Crippen LogP contribution in [0.1, 0.15) is 42.5 Å². The second kappa shape index (κ2) is 8.65. The van der Waals surface area contributed by atoms with E-state index in [1.165, 1.54) is 32.1 Å². The van der Waals surface area contributed by atoms with Crippen molar-refractivity contribution in [2.24, 2.45) is 11.7 Å². The second-order valence-electron chi connectivity index (χ2n) is 5.19. The van der Waals surface area contributed by atoms with Crippen molar-refractivity contribution < 1.29 is 4.79 Å². The Bertz CT molecular complexity index is 436. The van der Waals surface area contributed by atoms with Gasteiger partial charge in [-0.1, -0.05) is 31.4 Å². The lowest BCUT2D eigenvalue weighted by molar-refractivity contribution is 0.0915. The van der Waals surface area contributed by atoms with Gasteiger partial charge < -0.3 is 11.1 Å². The number of halogens is 2. The molecule has 3 nitrogen and oxygen atoms in total. The highest BCUT2D eigenvalue weighted by atomic mass is 79.9.